The van der Waals surface area contributed by atoms with Crippen molar-refractivity contribution >= 4 is 54.3 Å². The van der Waals surface area contributed by atoms with Gasteiger partial charge in [0.05, 0.1) is 0 Å². The first-order chi connectivity index (χ1) is 21.3. The Balaban J connectivity index is 1.28. The Morgan fingerprint density at radius 1 is 0.302 bits per heavy atom. The van der Waals surface area contributed by atoms with Gasteiger partial charge in [0.2, 0.25) is 0 Å². The maximum atomic E-state index is 6.29. The van der Waals surface area contributed by atoms with Crippen LogP contribution in [0.1, 0.15) is 0 Å². The Morgan fingerprint density at radius 3 is 1.56 bits per heavy atom. The SMILES string of the molecule is c1ccc(-c2c3ccccc3c(-c3cccc(-c4ccc5oc6ccc7ccccc7c6c5c4)c3)c3ccccc23)cc1. The monoisotopic (exact) mass is 546 g/mol. The highest BCUT2D eigenvalue weighted by molar-refractivity contribution is 6.22. The third kappa shape index (κ3) is 3.72. The minimum Gasteiger partial charge on any atom is -0.456 e. The van der Waals surface area contributed by atoms with Gasteiger partial charge in [0.1, 0.15) is 11.2 Å². The number of hydrogen-bond acceptors (Lipinski definition) is 1. The number of benzene rings is 8. The zero-order valence-corrected chi connectivity index (χ0v) is 23.4. The maximum absolute atomic E-state index is 6.29. The van der Waals surface area contributed by atoms with Gasteiger partial charge in [-0.25, -0.2) is 0 Å². The van der Waals surface area contributed by atoms with E-state index in [0.29, 0.717) is 0 Å². The molecule has 8 aromatic carbocycles. The molecule has 43 heavy (non-hydrogen) atoms. The Bertz CT molecular complexity index is 2440. The smallest absolute Gasteiger partial charge is 0.136 e. The van der Waals surface area contributed by atoms with E-state index in [9.17, 15) is 0 Å². The van der Waals surface area contributed by atoms with Crippen molar-refractivity contribution in [3.63, 3.8) is 0 Å². The second kappa shape index (κ2) is 9.44. The Labute approximate surface area is 249 Å². The molecule has 1 heteroatoms. The summed E-state index contributed by atoms with van der Waals surface area (Å²) in [6.07, 6.45) is 0. The van der Waals surface area contributed by atoms with Crippen LogP contribution < -0.4 is 0 Å². The van der Waals surface area contributed by atoms with Gasteiger partial charge in [-0.3, -0.25) is 0 Å². The molecule has 0 N–H and O–H groups in total. The van der Waals surface area contributed by atoms with Gasteiger partial charge >= 0.3 is 0 Å². The van der Waals surface area contributed by atoms with Crippen molar-refractivity contribution < 1.29 is 4.42 Å². The molecule has 0 spiro atoms. The molecule has 0 saturated carbocycles. The molecule has 0 amide bonds. The number of furan rings is 1. The lowest BCUT2D eigenvalue weighted by Gasteiger charge is -2.18. The van der Waals surface area contributed by atoms with E-state index in [-0.39, 0.29) is 0 Å². The second-order valence-electron chi connectivity index (χ2n) is 11.3. The largest absolute Gasteiger partial charge is 0.456 e. The lowest BCUT2D eigenvalue weighted by molar-refractivity contribution is 0.669. The second-order valence-corrected chi connectivity index (χ2v) is 11.3. The highest BCUT2D eigenvalue weighted by Crippen LogP contribution is 2.44. The van der Waals surface area contributed by atoms with Gasteiger partial charge in [-0.05, 0) is 90.0 Å². The van der Waals surface area contributed by atoms with Crippen LogP contribution in [-0.4, -0.2) is 0 Å². The van der Waals surface area contributed by atoms with Crippen molar-refractivity contribution in [2.75, 3.05) is 0 Å². The summed E-state index contributed by atoms with van der Waals surface area (Å²) in [7, 11) is 0. The van der Waals surface area contributed by atoms with Gasteiger partial charge in [0.25, 0.3) is 0 Å². The third-order valence-electron chi connectivity index (χ3n) is 8.84. The summed E-state index contributed by atoms with van der Waals surface area (Å²) in [6.45, 7) is 0. The molecule has 200 valence electrons. The number of rotatable bonds is 3. The van der Waals surface area contributed by atoms with E-state index in [2.05, 4.69) is 158 Å². The highest BCUT2D eigenvalue weighted by atomic mass is 16.3. The first-order valence-electron chi connectivity index (χ1n) is 14.8. The van der Waals surface area contributed by atoms with Crippen LogP contribution in [0.5, 0.6) is 0 Å². The van der Waals surface area contributed by atoms with Crippen LogP contribution in [-0.2, 0) is 0 Å². The average molecular weight is 547 g/mol. The van der Waals surface area contributed by atoms with Crippen molar-refractivity contribution in [1.29, 1.82) is 0 Å². The van der Waals surface area contributed by atoms with Gasteiger partial charge in [0.15, 0.2) is 0 Å². The fourth-order valence-electron chi connectivity index (χ4n) is 6.94. The molecule has 0 saturated heterocycles. The van der Waals surface area contributed by atoms with Crippen LogP contribution in [0.25, 0.3) is 87.6 Å². The van der Waals surface area contributed by atoms with Gasteiger partial charge in [0, 0.05) is 10.8 Å². The molecular weight excluding hydrogens is 520 g/mol. The molecule has 0 fully saturated rings. The standard InChI is InChI=1S/C42H26O/c1-2-12-28(13-3-1)40-33-17-6-8-19-35(33)41(36-20-9-7-18-34(36)40)31-15-10-14-29(25-31)30-22-23-38-37(26-30)42-32-16-5-4-11-27(32)21-24-39(42)43-38/h1-26H. The molecule has 0 aliphatic heterocycles. The molecule has 0 atom stereocenters. The van der Waals surface area contributed by atoms with Crippen molar-refractivity contribution in [2.45, 2.75) is 0 Å². The maximum Gasteiger partial charge on any atom is 0.136 e. The average Bonchev–Trinajstić information content (AvgIpc) is 3.46. The molecule has 0 unspecified atom stereocenters. The normalized spacial score (nSPS) is 11.7. The zero-order valence-electron chi connectivity index (χ0n) is 23.4. The highest BCUT2D eigenvalue weighted by Gasteiger charge is 2.17. The van der Waals surface area contributed by atoms with Crippen LogP contribution in [0.2, 0.25) is 0 Å². The Hall–Kier alpha value is -5.66. The molecule has 0 aliphatic carbocycles. The lowest BCUT2D eigenvalue weighted by atomic mass is 9.85. The fourth-order valence-corrected chi connectivity index (χ4v) is 6.94. The molecule has 1 heterocycles. The van der Waals surface area contributed by atoms with Crippen molar-refractivity contribution in [3.8, 4) is 33.4 Å². The van der Waals surface area contributed by atoms with E-state index >= 15 is 0 Å². The van der Waals surface area contributed by atoms with Crippen LogP contribution in [0, 0.1) is 0 Å². The molecule has 0 radical (unpaired) electrons. The predicted octanol–water partition coefficient (Wildman–Crippen LogP) is 12.0. The summed E-state index contributed by atoms with van der Waals surface area (Å²) in [6, 6.07) is 56.8. The summed E-state index contributed by atoms with van der Waals surface area (Å²) < 4.78 is 6.29. The van der Waals surface area contributed by atoms with E-state index in [1.54, 1.807) is 0 Å². The molecule has 1 nitrogen and oxygen atoms in total. The lowest BCUT2D eigenvalue weighted by Crippen LogP contribution is -1.91. The minimum absolute atomic E-state index is 0.916. The van der Waals surface area contributed by atoms with Gasteiger partial charge in [-0.2, -0.15) is 0 Å². The molecule has 9 aromatic rings. The number of hydrogen-bond donors (Lipinski definition) is 0. The van der Waals surface area contributed by atoms with E-state index in [4.69, 9.17) is 4.42 Å². The quantitative estimate of drug-likeness (QED) is 0.201. The van der Waals surface area contributed by atoms with E-state index < -0.39 is 0 Å². The van der Waals surface area contributed by atoms with Crippen molar-refractivity contribution in [3.05, 3.63) is 158 Å². The fraction of sp³-hybridized carbons (Fsp3) is 0. The summed E-state index contributed by atoms with van der Waals surface area (Å²) in [5.41, 5.74) is 9.23. The van der Waals surface area contributed by atoms with Crippen molar-refractivity contribution in [1.82, 2.24) is 0 Å². The van der Waals surface area contributed by atoms with Gasteiger partial charge in [-0.15, -0.1) is 0 Å². The molecule has 0 bridgehead atoms. The molecule has 1 aromatic heterocycles. The van der Waals surface area contributed by atoms with E-state index in [0.717, 1.165) is 16.6 Å². The van der Waals surface area contributed by atoms with Crippen molar-refractivity contribution in [2.24, 2.45) is 0 Å². The predicted molar refractivity (Wildman–Crippen MR) is 183 cm³/mol. The minimum atomic E-state index is 0.916. The summed E-state index contributed by atoms with van der Waals surface area (Å²) in [4.78, 5) is 0. The molecule has 9 rings (SSSR count). The van der Waals surface area contributed by atoms with E-state index in [1.807, 2.05) is 0 Å². The van der Waals surface area contributed by atoms with Crippen LogP contribution in [0.3, 0.4) is 0 Å². The van der Waals surface area contributed by atoms with Crippen LogP contribution in [0.4, 0.5) is 0 Å². The van der Waals surface area contributed by atoms with Crippen LogP contribution in [0.15, 0.2) is 162 Å². The van der Waals surface area contributed by atoms with Gasteiger partial charge < -0.3 is 4.42 Å². The summed E-state index contributed by atoms with van der Waals surface area (Å²) in [5.74, 6) is 0. The Morgan fingerprint density at radius 2 is 0.837 bits per heavy atom. The number of fused-ring (bicyclic) bond motifs is 7. The first kappa shape index (κ1) is 24.0. The topological polar surface area (TPSA) is 13.1 Å². The summed E-state index contributed by atoms with van der Waals surface area (Å²) >= 11 is 0. The summed E-state index contributed by atoms with van der Waals surface area (Å²) in [5, 5.41) is 9.85. The zero-order chi connectivity index (χ0) is 28.3. The first-order valence-corrected chi connectivity index (χ1v) is 14.8. The van der Waals surface area contributed by atoms with Gasteiger partial charge in [-0.1, -0.05) is 133 Å². The molecular formula is C42H26O. The van der Waals surface area contributed by atoms with E-state index in [1.165, 1.54) is 71.1 Å². The molecule has 0 aliphatic rings. The Kier molecular flexibility index (Phi) is 5.27. The van der Waals surface area contributed by atoms with Crippen LogP contribution >= 0.6 is 0 Å². The third-order valence-corrected chi connectivity index (χ3v) is 8.84.